The van der Waals surface area contributed by atoms with Gasteiger partial charge in [0.1, 0.15) is 4.60 Å². The van der Waals surface area contributed by atoms with Crippen LogP contribution >= 0.6 is 15.9 Å². The van der Waals surface area contributed by atoms with E-state index in [0.29, 0.717) is 0 Å². The lowest BCUT2D eigenvalue weighted by Gasteiger charge is -1.90. The van der Waals surface area contributed by atoms with Crippen LogP contribution in [-0.4, -0.2) is 4.98 Å². The Kier molecular flexibility index (Phi) is 5.22. The highest BCUT2D eigenvalue weighted by Crippen LogP contribution is 2.09. The summed E-state index contributed by atoms with van der Waals surface area (Å²) in [7, 11) is 0. The molecule has 0 fully saturated rings. The Morgan fingerprint density at radius 3 is 2.30 bits per heavy atom. The van der Waals surface area contributed by atoms with Gasteiger partial charge in [-0.1, -0.05) is 19.9 Å². The van der Waals surface area contributed by atoms with Gasteiger partial charge in [-0.2, -0.15) is 0 Å². The molecule has 1 aromatic heterocycles. The second kappa shape index (κ2) is 5.42. The van der Waals surface area contributed by atoms with Crippen molar-refractivity contribution in [3.8, 4) is 0 Å². The number of aromatic nitrogens is 1. The van der Waals surface area contributed by atoms with E-state index < -0.39 is 0 Å². The van der Waals surface area contributed by atoms with Crippen LogP contribution in [0.4, 0.5) is 0 Å². The molecule has 0 atom stereocenters. The first-order chi connectivity index (χ1) is 4.80. The minimum atomic E-state index is 0.931. The Hall–Kier alpha value is -0.370. The summed E-state index contributed by atoms with van der Waals surface area (Å²) in [5.74, 6) is 0. The molecule has 0 unspecified atom stereocenters. The number of aryl methyl sites for hydroxylation is 1. The Labute approximate surface area is 70.6 Å². The number of halogens is 1. The van der Waals surface area contributed by atoms with E-state index in [-0.39, 0.29) is 0 Å². The summed E-state index contributed by atoms with van der Waals surface area (Å²) in [6.45, 7) is 6.01. The standard InChI is InChI=1S/C6H6BrN.C2H6/c1-5-3-2-4-8-6(5)7;1-2/h2-4H,1H3;1-2H3. The third-order valence-electron chi connectivity index (χ3n) is 0.946. The van der Waals surface area contributed by atoms with Crippen LogP contribution in [-0.2, 0) is 0 Å². The normalized spacial score (nSPS) is 8.00. The van der Waals surface area contributed by atoms with Crippen molar-refractivity contribution in [3.63, 3.8) is 0 Å². The molecule has 1 heterocycles. The molecule has 0 aromatic carbocycles. The summed E-state index contributed by atoms with van der Waals surface area (Å²) < 4.78 is 0.931. The van der Waals surface area contributed by atoms with Gasteiger partial charge < -0.3 is 0 Å². The highest BCUT2D eigenvalue weighted by Gasteiger charge is 1.87. The SMILES string of the molecule is CC.Cc1cccnc1Br. The lowest BCUT2D eigenvalue weighted by molar-refractivity contribution is 1.22. The molecule has 0 spiro atoms. The Balaban J connectivity index is 0.000000371. The first kappa shape index (κ1) is 9.63. The zero-order valence-corrected chi connectivity index (χ0v) is 8.14. The summed E-state index contributed by atoms with van der Waals surface area (Å²) in [4.78, 5) is 4.00. The average Bonchev–Trinajstić information content (AvgIpc) is 2.00. The van der Waals surface area contributed by atoms with Crippen LogP contribution < -0.4 is 0 Å². The van der Waals surface area contributed by atoms with E-state index in [1.165, 1.54) is 5.56 Å². The van der Waals surface area contributed by atoms with Crippen LogP contribution in [0.2, 0.25) is 0 Å². The van der Waals surface area contributed by atoms with Crippen molar-refractivity contribution >= 4 is 15.9 Å². The second-order valence-electron chi connectivity index (χ2n) is 1.61. The van der Waals surface area contributed by atoms with E-state index in [2.05, 4.69) is 20.9 Å². The predicted molar refractivity (Wildman–Crippen MR) is 48.0 cm³/mol. The van der Waals surface area contributed by atoms with Crippen molar-refractivity contribution in [2.75, 3.05) is 0 Å². The zero-order valence-electron chi connectivity index (χ0n) is 6.56. The van der Waals surface area contributed by atoms with E-state index >= 15 is 0 Å². The molecule has 1 aromatic rings. The smallest absolute Gasteiger partial charge is 0.108 e. The third-order valence-corrected chi connectivity index (χ3v) is 1.78. The largest absolute Gasteiger partial charge is 0.249 e. The van der Waals surface area contributed by atoms with E-state index in [1.807, 2.05) is 32.9 Å². The van der Waals surface area contributed by atoms with Crippen LogP contribution in [0.5, 0.6) is 0 Å². The molecule has 0 amide bonds. The molecule has 0 radical (unpaired) electrons. The number of nitrogens with zero attached hydrogens (tertiary/aromatic N) is 1. The van der Waals surface area contributed by atoms with Gasteiger partial charge in [-0.3, -0.25) is 0 Å². The molecule has 0 saturated heterocycles. The van der Waals surface area contributed by atoms with Crippen molar-refractivity contribution in [1.29, 1.82) is 0 Å². The maximum atomic E-state index is 4.00. The molecule has 0 aliphatic carbocycles. The van der Waals surface area contributed by atoms with Gasteiger partial charge in [-0.05, 0) is 34.5 Å². The third kappa shape index (κ3) is 2.97. The van der Waals surface area contributed by atoms with Crippen molar-refractivity contribution < 1.29 is 0 Å². The molecule has 1 rings (SSSR count). The molecular formula is C8H12BrN. The lowest BCUT2D eigenvalue weighted by atomic mass is 10.3. The van der Waals surface area contributed by atoms with Gasteiger partial charge in [0.2, 0.25) is 0 Å². The van der Waals surface area contributed by atoms with Crippen molar-refractivity contribution in [1.82, 2.24) is 4.98 Å². The summed E-state index contributed by atoms with van der Waals surface area (Å²) in [5.41, 5.74) is 1.17. The maximum Gasteiger partial charge on any atom is 0.108 e. The van der Waals surface area contributed by atoms with Gasteiger partial charge in [0.25, 0.3) is 0 Å². The first-order valence-corrected chi connectivity index (χ1v) is 4.17. The molecule has 0 bridgehead atoms. The number of rotatable bonds is 0. The molecule has 0 saturated carbocycles. The molecule has 1 nitrogen and oxygen atoms in total. The number of hydrogen-bond donors (Lipinski definition) is 0. The summed E-state index contributed by atoms with van der Waals surface area (Å²) >= 11 is 3.28. The van der Waals surface area contributed by atoms with Crippen molar-refractivity contribution in [3.05, 3.63) is 28.5 Å². The predicted octanol–water partition coefficient (Wildman–Crippen LogP) is 3.18. The van der Waals surface area contributed by atoms with E-state index in [4.69, 9.17) is 0 Å². The highest BCUT2D eigenvalue weighted by atomic mass is 79.9. The Bertz CT molecular complexity index is 165. The summed E-state index contributed by atoms with van der Waals surface area (Å²) in [5, 5.41) is 0. The lowest BCUT2D eigenvalue weighted by Crippen LogP contribution is -1.76. The van der Waals surface area contributed by atoms with Gasteiger partial charge in [0.15, 0.2) is 0 Å². The van der Waals surface area contributed by atoms with Gasteiger partial charge in [0, 0.05) is 6.20 Å². The molecular weight excluding hydrogens is 190 g/mol. The minimum Gasteiger partial charge on any atom is -0.249 e. The minimum absolute atomic E-state index is 0.931. The van der Waals surface area contributed by atoms with Gasteiger partial charge in [-0.25, -0.2) is 4.98 Å². The molecule has 0 aliphatic heterocycles. The fourth-order valence-electron chi connectivity index (χ4n) is 0.466. The highest BCUT2D eigenvalue weighted by molar-refractivity contribution is 9.10. The van der Waals surface area contributed by atoms with Crippen LogP contribution in [0, 0.1) is 6.92 Å². The Morgan fingerprint density at radius 1 is 1.40 bits per heavy atom. The zero-order chi connectivity index (χ0) is 7.98. The molecule has 0 N–H and O–H groups in total. The van der Waals surface area contributed by atoms with Crippen LogP contribution in [0.1, 0.15) is 19.4 Å². The van der Waals surface area contributed by atoms with Gasteiger partial charge in [-0.15, -0.1) is 0 Å². The fourth-order valence-corrected chi connectivity index (χ4v) is 0.717. The van der Waals surface area contributed by atoms with E-state index in [1.54, 1.807) is 6.20 Å². The average molecular weight is 202 g/mol. The molecule has 2 heteroatoms. The van der Waals surface area contributed by atoms with Gasteiger partial charge >= 0.3 is 0 Å². The number of pyridine rings is 1. The maximum absolute atomic E-state index is 4.00. The van der Waals surface area contributed by atoms with Crippen molar-refractivity contribution in [2.24, 2.45) is 0 Å². The summed E-state index contributed by atoms with van der Waals surface area (Å²) in [6.07, 6.45) is 1.76. The monoisotopic (exact) mass is 201 g/mol. The number of hydrogen-bond acceptors (Lipinski definition) is 1. The van der Waals surface area contributed by atoms with Crippen molar-refractivity contribution in [2.45, 2.75) is 20.8 Å². The quantitative estimate of drug-likeness (QED) is 0.588. The molecule has 56 valence electrons. The molecule has 10 heavy (non-hydrogen) atoms. The summed E-state index contributed by atoms with van der Waals surface area (Å²) in [6, 6.07) is 3.93. The first-order valence-electron chi connectivity index (χ1n) is 3.38. The molecule has 0 aliphatic rings. The Morgan fingerprint density at radius 2 is 2.00 bits per heavy atom. The van der Waals surface area contributed by atoms with Gasteiger partial charge in [0.05, 0.1) is 0 Å². The van der Waals surface area contributed by atoms with Crippen LogP contribution in [0.3, 0.4) is 0 Å². The fraction of sp³-hybridized carbons (Fsp3) is 0.375. The van der Waals surface area contributed by atoms with Crippen LogP contribution in [0.25, 0.3) is 0 Å². The van der Waals surface area contributed by atoms with Crippen LogP contribution in [0.15, 0.2) is 22.9 Å². The topological polar surface area (TPSA) is 12.9 Å². The van der Waals surface area contributed by atoms with E-state index in [0.717, 1.165) is 4.60 Å². The van der Waals surface area contributed by atoms with E-state index in [9.17, 15) is 0 Å². The second-order valence-corrected chi connectivity index (χ2v) is 2.36.